The van der Waals surface area contributed by atoms with Crippen LogP contribution < -0.4 is 14.8 Å². The highest BCUT2D eigenvalue weighted by molar-refractivity contribution is 7.89. The van der Waals surface area contributed by atoms with Gasteiger partial charge in [-0.2, -0.15) is 4.31 Å². The zero-order valence-electron chi connectivity index (χ0n) is 17.6. The number of nitrogens with zero attached hydrogens (tertiary/aromatic N) is 1. The summed E-state index contributed by atoms with van der Waals surface area (Å²) in [5.41, 5.74) is 2.95. The fraction of sp³-hybridized carbons (Fsp3) is 0.409. The number of carbonyl (C=O) groups excluding carboxylic acids is 1. The molecule has 0 saturated heterocycles. The topological polar surface area (TPSA) is 84.9 Å². The zero-order chi connectivity index (χ0) is 21.7. The van der Waals surface area contributed by atoms with Crippen LogP contribution in [0.15, 0.2) is 42.5 Å². The van der Waals surface area contributed by atoms with Crippen LogP contribution in [0.25, 0.3) is 0 Å². The summed E-state index contributed by atoms with van der Waals surface area (Å²) in [6, 6.07) is 12.5. The molecule has 0 fully saturated rings. The minimum Gasteiger partial charge on any atom is -0.493 e. The van der Waals surface area contributed by atoms with Crippen LogP contribution in [0.1, 0.15) is 23.6 Å². The van der Waals surface area contributed by atoms with Gasteiger partial charge in [0.15, 0.2) is 11.5 Å². The molecular formula is C22H28N2O5S. The van der Waals surface area contributed by atoms with E-state index in [-0.39, 0.29) is 18.2 Å². The van der Waals surface area contributed by atoms with E-state index in [1.165, 1.54) is 4.31 Å². The molecule has 0 saturated carbocycles. The largest absolute Gasteiger partial charge is 0.493 e. The van der Waals surface area contributed by atoms with E-state index in [9.17, 15) is 13.2 Å². The maximum absolute atomic E-state index is 12.9. The highest BCUT2D eigenvalue weighted by atomic mass is 32.2. The molecule has 162 valence electrons. The van der Waals surface area contributed by atoms with Crippen molar-refractivity contribution >= 4 is 15.9 Å². The number of benzene rings is 2. The summed E-state index contributed by atoms with van der Waals surface area (Å²) in [4.78, 5) is 12.9. The van der Waals surface area contributed by atoms with Gasteiger partial charge in [-0.25, -0.2) is 8.42 Å². The van der Waals surface area contributed by atoms with E-state index < -0.39 is 16.1 Å². The number of sulfonamides is 1. The van der Waals surface area contributed by atoms with Crippen molar-refractivity contribution in [3.63, 3.8) is 0 Å². The van der Waals surface area contributed by atoms with Crippen molar-refractivity contribution < 1.29 is 22.7 Å². The van der Waals surface area contributed by atoms with Gasteiger partial charge in [-0.3, -0.25) is 4.79 Å². The van der Waals surface area contributed by atoms with Gasteiger partial charge in [-0.05, 0) is 48.6 Å². The maximum atomic E-state index is 12.9. The first-order chi connectivity index (χ1) is 14.4. The summed E-state index contributed by atoms with van der Waals surface area (Å²) >= 11 is 0. The van der Waals surface area contributed by atoms with Crippen molar-refractivity contribution in [3.8, 4) is 11.5 Å². The lowest BCUT2D eigenvalue weighted by atomic mass is 9.95. The van der Waals surface area contributed by atoms with E-state index >= 15 is 0 Å². The Bertz CT molecular complexity index is 1010. The molecule has 0 spiro atoms. The first kappa shape index (κ1) is 22.1. The third-order valence-electron chi connectivity index (χ3n) is 5.39. The zero-order valence-corrected chi connectivity index (χ0v) is 18.4. The molecule has 0 bridgehead atoms. The normalized spacial score (nSPS) is 16.6. The van der Waals surface area contributed by atoms with Crippen LogP contribution in [0.3, 0.4) is 0 Å². The molecule has 0 radical (unpaired) electrons. The van der Waals surface area contributed by atoms with Gasteiger partial charge in [0.25, 0.3) is 0 Å². The molecule has 1 N–H and O–H groups in total. The molecule has 2 aromatic carbocycles. The Morgan fingerprint density at radius 1 is 1.10 bits per heavy atom. The molecular weight excluding hydrogens is 404 g/mol. The van der Waals surface area contributed by atoms with E-state index in [4.69, 9.17) is 9.47 Å². The second-order valence-corrected chi connectivity index (χ2v) is 9.37. The Hall–Kier alpha value is -2.58. The molecule has 1 amide bonds. The summed E-state index contributed by atoms with van der Waals surface area (Å²) in [7, 11) is -0.354. The van der Waals surface area contributed by atoms with Crippen molar-refractivity contribution in [1.82, 2.24) is 9.62 Å². The highest BCUT2D eigenvalue weighted by Crippen LogP contribution is 2.28. The lowest BCUT2D eigenvalue weighted by Crippen LogP contribution is -2.53. The molecule has 1 aliphatic rings. The highest BCUT2D eigenvalue weighted by Gasteiger charge is 2.37. The number of carbonyl (C=O) groups is 1. The summed E-state index contributed by atoms with van der Waals surface area (Å²) in [5, 5.41) is 2.91. The second-order valence-electron chi connectivity index (χ2n) is 7.16. The summed E-state index contributed by atoms with van der Waals surface area (Å²) in [5.74, 6) is 0.962. The first-order valence-corrected chi connectivity index (χ1v) is 11.6. The number of methoxy groups -OCH3 is 2. The summed E-state index contributed by atoms with van der Waals surface area (Å²) in [6.45, 7) is 2.22. The van der Waals surface area contributed by atoms with E-state index in [0.717, 1.165) is 16.7 Å². The molecule has 1 atom stereocenters. The number of nitrogens with one attached hydrogen (secondary N) is 1. The minimum atomic E-state index is -3.51. The van der Waals surface area contributed by atoms with Crippen LogP contribution >= 0.6 is 0 Å². The third kappa shape index (κ3) is 4.76. The molecule has 0 aromatic heterocycles. The minimum absolute atomic E-state index is 0.0371. The van der Waals surface area contributed by atoms with Crippen LogP contribution in [0, 0.1) is 0 Å². The lowest BCUT2D eigenvalue weighted by Gasteiger charge is -2.34. The Morgan fingerprint density at radius 2 is 1.80 bits per heavy atom. The van der Waals surface area contributed by atoms with Crippen LogP contribution in [0.5, 0.6) is 11.5 Å². The SMILES string of the molecule is CCS(=O)(=O)N1Cc2ccccc2C[C@H]1C(=O)NCCc1ccc(OC)c(OC)c1. The van der Waals surface area contributed by atoms with Gasteiger partial charge in [0, 0.05) is 13.1 Å². The molecule has 1 aliphatic heterocycles. The molecule has 8 heteroatoms. The molecule has 3 rings (SSSR count). The molecule has 7 nitrogen and oxygen atoms in total. The predicted molar refractivity (Wildman–Crippen MR) is 115 cm³/mol. The Labute approximate surface area is 178 Å². The summed E-state index contributed by atoms with van der Waals surface area (Å²) in [6.07, 6.45) is 0.966. The first-order valence-electron chi connectivity index (χ1n) is 9.94. The van der Waals surface area contributed by atoms with Crippen molar-refractivity contribution in [2.24, 2.45) is 0 Å². The van der Waals surface area contributed by atoms with E-state index in [1.807, 2.05) is 42.5 Å². The third-order valence-corrected chi connectivity index (χ3v) is 7.22. The van der Waals surface area contributed by atoms with Gasteiger partial charge in [-0.1, -0.05) is 30.3 Å². The fourth-order valence-corrected chi connectivity index (χ4v) is 4.89. The molecule has 30 heavy (non-hydrogen) atoms. The van der Waals surface area contributed by atoms with Crippen LogP contribution in [-0.4, -0.2) is 51.2 Å². The number of hydrogen-bond donors (Lipinski definition) is 1. The average molecular weight is 433 g/mol. The number of fused-ring (bicyclic) bond motifs is 1. The quantitative estimate of drug-likeness (QED) is 0.691. The Morgan fingerprint density at radius 3 is 2.47 bits per heavy atom. The van der Waals surface area contributed by atoms with Gasteiger partial charge in [0.1, 0.15) is 6.04 Å². The molecule has 1 heterocycles. The van der Waals surface area contributed by atoms with E-state index in [1.54, 1.807) is 21.1 Å². The predicted octanol–water partition coefficient (Wildman–Crippen LogP) is 2.14. The maximum Gasteiger partial charge on any atom is 0.238 e. The number of rotatable bonds is 8. The van der Waals surface area contributed by atoms with Crippen LogP contribution in [0.2, 0.25) is 0 Å². The number of amides is 1. The summed E-state index contributed by atoms with van der Waals surface area (Å²) < 4.78 is 37.1. The van der Waals surface area contributed by atoms with Crippen molar-refractivity contribution in [2.75, 3.05) is 26.5 Å². The number of ether oxygens (including phenoxy) is 2. The molecule has 0 aliphatic carbocycles. The molecule has 2 aromatic rings. The lowest BCUT2D eigenvalue weighted by molar-refractivity contribution is -0.125. The van der Waals surface area contributed by atoms with Gasteiger partial charge in [0.05, 0.1) is 20.0 Å². The van der Waals surface area contributed by atoms with Crippen LogP contribution in [0.4, 0.5) is 0 Å². The number of hydrogen-bond acceptors (Lipinski definition) is 5. The monoisotopic (exact) mass is 432 g/mol. The van der Waals surface area contributed by atoms with Gasteiger partial charge >= 0.3 is 0 Å². The molecule has 0 unspecified atom stereocenters. The van der Waals surface area contributed by atoms with E-state index in [0.29, 0.717) is 30.9 Å². The smallest absolute Gasteiger partial charge is 0.238 e. The fourth-order valence-electron chi connectivity index (χ4n) is 3.66. The average Bonchev–Trinajstić information content (AvgIpc) is 2.77. The Balaban J connectivity index is 1.70. The van der Waals surface area contributed by atoms with Crippen molar-refractivity contribution in [2.45, 2.75) is 32.4 Å². The van der Waals surface area contributed by atoms with Crippen LogP contribution in [-0.2, 0) is 34.2 Å². The van der Waals surface area contributed by atoms with Gasteiger partial charge in [0.2, 0.25) is 15.9 Å². The second kappa shape index (κ2) is 9.49. The van der Waals surface area contributed by atoms with Gasteiger partial charge in [-0.15, -0.1) is 0 Å². The standard InChI is InChI=1S/C22H28N2O5S/c1-4-30(26,27)24-15-18-8-6-5-7-17(18)14-19(24)22(25)23-12-11-16-9-10-20(28-2)21(13-16)29-3/h5-10,13,19H,4,11-12,14-15H2,1-3H3,(H,23,25)/t19-/m0/s1. The van der Waals surface area contributed by atoms with E-state index in [2.05, 4.69) is 5.32 Å². The van der Waals surface area contributed by atoms with Gasteiger partial charge < -0.3 is 14.8 Å². The van der Waals surface area contributed by atoms with Crippen molar-refractivity contribution in [3.05, 3.63) is 59.2 Å². The Kier molecular flexibility index (Phi) is 6.99. The van der Waals surface area contributed by atoms with Crippen molar-refractivity contribution in [1.29, 1.82) is 0 Å².